The van der Waals surface area contributed by atoms with Gasteiger partial charge in [0.1, 0.15) is 6.54 Å². The summed E-state index contributed by atoms with van der Waals surface area (Å²) in [7, 11) is 0. The van der Waals surface area contributed by atoms with Gasteiger partial charge in [-0.2, -0.15) is 0 Å². The lowest BCUT2D eigenvalue weighted by atomic mass is 10.1. The topological polar surface area (TPSA) is 57.7 Å². The van der Waals surface area contributed by atoms with Crippen molar-refractivity contribution in [3.8, 4) is 0 Å². The molecule has 1 fully saturated rings. The fourth-order valence-corrected chi connectivity index (χ4v) is 2.33. The first kappa shape index (κ1) is 15.2. The molecule has 1 saturated heterocycles. The van der Waals surface area contributed by atoms with Crippen molar-refractivity contribution in [3.63, 3.8) is 0 Å². The molecular formula is C16H20N2O3. The van der Waals surface area contributed by atoms with Crippen LogP contribution in [-0.2, 0) is 16.0 Å². The standard InChI is InChI=1S/C16H20N2O3/c1-3-12-5-7-13(8-6-12)14(19)9-18-11-15(20)17(4-2)10-16(18)21/h5-8H,3-4,9-11H2,1-2H3. The van der Waals surface area contributed by atoms with Gasteiger partial charge in [0.05, 0.1) is 13.1 Å². The monoisotopic (exact) mass is 288 g/mol. The molecule has 5 heteroatoms. The maximum Gasteiger partial charge on any atom is 0.243 e. The molecule has 0 radical (unpaired) electrons. The van der Waals surface area contributed by atoms with Crippen LogP contribution in [0.4, 0.5) is 0 Å². The number of piperazine rings is 1. The second kappa shape index (κ2) is 6.52. The van der Waals surface area contributed by atoms with Gasteiger partial charge in [0.25, 0.3) is 0 Å². The van der Waals surface area contributed by atoms with Crippen LogP contribution in [0.15, 0.2) is 24.3 Å². The number of hydrogen-bond donors (Lipinski definition) is 0. The summed E-state index contributed by atoms with van der Waals surface area (Å²) in [5.74, 6) is -0.412. The molecular weight excluding hydrogens is 268 g/mol. The highest BCUT2D eigenvalue weighted by molar-refractivity contribution is 6.01. The number of carbonyl (C=O) groups excluding carboxylic acids is 3. The maximum atomic E-state index is 12.2. The second-order valence-corrected chi connectivity index (χ2v) is 5.13. The first-order valence-corrected chi connectivity index (χ1v) is 7.22. The van der Waals surface area contributed by atoms with Gasteiger partial charge >= 0.3 is 0 Å². The Kier molecular flexibility index (Phi) is 4.73. The summed E-state index contributed by atoms with van der Waals surface area (Å²) in [6.07, 6.45) is 0.917. The Morgan fingerprint density at radius 2 is 1.57 bits per heavy atom. The smallest absolute Gasteiger partial charge is 0.243 e. The number of Topliss-reactive ketones (excluding diaryl/α,β-unsaturated/α-hetero) is 1. The Labute approximate surface area is 124 Å². The first-order chi connectivity index (χ1) is 10.0. The normalized spacial score (nSPS) is 15.5. The number of likely N-dealkylation sites (N-methyl/N-ethyl adjacent to an activating group) is 1. The molecule has 0 aromatic heterocycles. The zero-order valence-electron chi connectivity index (χ0n) is 12.5. The van der Waals surface area contributed by atoms with E-state index in [0.29, 0.717) is 12.1 Å². The van der Waals surface area contributed by atoms with Crippen LogP contribution in [0.5, 0.6) is 0 Å². The van der Waals surface area contributed by atoms with E-state index in [0.717, 1.165) is 12.0 Å². The number of carbonyl (C=O) groups is 3. The van der Waals surface area contributed by atoms with Gasteiger partial charge < -0.3 is 9.80 Å². The molecule has 1 heterocycles. The summed E-state index contributed by atoms with van der Waals surface area (Å²) in [6.45, 7) is 4.43. The SMILES string of the molecule is CCc1ccc(C(=O)CN2CC(=O)N(CC)CC2=O)cc1. The summed E-state index contributed by atoms with van der Waals surface area (Å²) in [5.41, 5.74) is 1.74. The van der Waals surface area contributed by atoms with E-state index >= 15 is 0 Å². The van der Waals surface area contributed by atoms with Crippen molar-refractivity contribution in [2.24, 2.45) is 0 Å². The van der Waals surface area contributed by atoms with Gasteiger partial charge in [-0.1, -0.05) is 31.2 Å². The van der Waals surface area contributed by atoms with Crippen molar-refractivity contribution in [2.75, 3.05) is 26.2 Å². The van der Waals surface area contributed by atoms with Crippen LogP contribution in [0.1, 0.15) is 29.8 Å². The number of aryl methyl sites for hydroxylation is 1. The van der Waals surface area contributed by atoms with E-state index < -0.39 is 0 Å². The summed E-state index contributed by atoms with van der Waals surface area (Å²) < 4.78 is 0. The summed E-state index contributed by atoms with van der Waals surface area (Å²) in [4.78, 5) is 38.8. The zero-order valence-corrected chi connectivity index (χ0v) is 12.5. The largest absolute Gasteiger partial charge is 0.332 e. The van der Waals surface area contributed by atoms with Gasteiger partial charge in [-0.3, -0.25) is 14.4 Å². The third-order valence-electron chi connectivity index (χ3n) is 3.76. The molecule has 1 aliphatic heterocycles. The van der Waals surface area contributed by atoms with E-state index in [4.69, 9.17) is 0 Å². The van der Waals surface area contributed by atoms with Crippen molar-refractivity contribution in [1.29, 1.82) is 0 Å². The lowest BCUT2D eigenvalue weighted by Gasteiger charge is -2.32. The van der Waals surface area contributed by atoms with Gasteiger partial charge in [0.2, 0.25) is 11.8 Å². The van der Waals surface area contributed by atoms with Crippen LogP contribution in [0.25, 0.3) is 0 Å². The highest BCUT2D eigenvalue weighted by Crippen LogP contribution is 2.09. The highest BCUT2D eigenvalue weighted by atomic mass is 16.2. The molecule has 2 amide bonds. The molecule has 2 rings (SSSR count). The van der Waals surface area contributed by atoms with Crippen LogP contribution in [-0.4, -0.2) is 53.6 Å². The molecule has 0 saturated carbocycles. The van der Waals surface area contributed by atoms with Crippen molar-refractivity contribution >= 4 is 17.6 Å². The third-order valence-corrected chi connectivity index (χ3v) is 3.76. The molecule has 21 heavy (non-hydrogen) atoms. The molecule has 0 N–H and O–H groups in total. The molecule has 5 nitrogen and oxygen atoms in total. The summed E-state index contributed by atoms with van der Waals surface area (Å²) in [6, 6.07) is 7.37. The summed E-state index contributed by atoms with van der Waals surface area (Å²) in [5, 5.41) is 0. The lowest BCUT2D eigenvalue weighted by molar-refractivity contribution is -0.149. The fraction of sp³-hybridized carbons (Fsp3) is 0.438. The lowest BCUT2D eigenvalue weighted by Crippen LogP contribution is -2.54. The van der Waals surface area contributed by atoms with Crippen LogP contribution < -0.4 is 0 Å². The van der Waals surface area contributed by atoms with Crippen molar-refractivity contribution in [2.45, 2.75) is 20.3 Å². The summed E-state index contributed by atoms with van der Waals surface area (Å²) >= 11 is 0. The number of nitrogens with zero attached hydrogens (tertiary/aromatic N) is 2. The first-order valence-electron chi connectivity index (χ1n) is 7.22. The minimum absolute atomic E-state index is 0.00848. The Balaban J connectivity index is 2.02. The molecule has 1 aliphatic rings. The number of hydrogen-bond acceptors (Lipinski definition) is 3. The number of amides is 2. The van der Waals surface area contributed by atoms with Crippen molar-refractivity contribution in [1.82, 2.24) is 9.80 Å². The predicted molar refractivity (Wildman–Crippen MR) is 79.0 cm³/mol. The Bertz CT molecular complexity index is 551. The minimum atomic E-state index is -0.171. The van der Waals surface area contributed by atoms with E-state index in [-0.39, 0.29) is 37.2 Å². The van der Waals surface area contributed by atoms with Crippen LogP contribution in [0, 0.1) is 0 Å². The molecule has 1 aromatic rings. The average Bonchev–Trinajstić information content (AvgIpc) is 2.50. The molecule has 0 aliphatic carbocycles. The highest BCUT2D eigenvalue weighted by Gasteiger charge is 2.30. The maximum absolute atomic E-state index is 12.2. The van der Waals surface area contributed by atoms with E-state index in [1.165, 1.54) is 9.80 Å². The average molecular weight is 288 g/mol. The van der Waals surface area contributed by atoms with Gasteiger partial charge in [-0.15, -0.1) is 0 Å². The quantitative estimate of drug-likeness (QED) is 0.763. The van der Waals surface area contributed by atoms with Gasteiger partial charge in [0.15, 0.2) is 5.78 Å². The third kappa shape index (κ3) is 3.48. The fourth-order valence-electron chi connectivity index (χ4n) is 2.33. The van der Waals surface area contributed by atoms with E-state index in [2.05, 4.69) is 0 Å². The second-order valence-electron chi connectivity index (χ2n) is 5.13. The molecule has 1 aromatic carbocycles. The number of benzene rings is 1. The van der Waals surface area contributed by atoms with Crippen LogP contribution >= 0.6 is 0 Å². The zero-order chi connectivity index (χ0) is 15.4. The Hall–Kier alpha value is -2.17. The Morgan fingerprint density at radius 1 is 1.00 bits per heavy atom. The molecule has 112 valence electrons. The molecule has 0 atom stereocenters. The van der Waals surface area contributed by atoms with Crippen molar-refractivity contribution in [3.05, 3.63) is 35.4 Å². The van der Waals surface area contributed by atoms with Crippen LogP contribution in [0.2, 0.25) is 0 Å². The molecule has 0 unspecified atom stereocenters. The van der Waals surface area contributed by atoms with E-state index in [1.54, 1.807) is 12.1 Å². The van der Waals surface area contributed by atoms with Crippen molar-refractivity contribution < 1.29 is 14.4 Å². The van der Waals surface area contributed by atoms with Gasteiger partial charge in [-0.05, 0) is 18.9 Å². The molecule has 0 spiro atoms. The van der Waals surface area contributed by atoms with Gasteiger partial charge in [0, 0.05) is 12.1 Å². The minimum Gasteiger partial charge on any atom is -0.332 e. The van der Waals surface area contributed by atoms with E-state index in [9.17, 15) is 14.4 Å². The molecule has 0 bridgehead atoms. The Morgan fingerprint density at radius 3 is 2.14 bits per heavy atom. The van der Waals surface area contributed by atoms with Gasteiger partial charge in [-0.25, -0.2) is 0 Å². The van der Waals surface area contributed by atoms with Crippen LogP contribution in [0.3, 0.4) is 0 Å². The number of rotatable bonds is 5. The number of ketones is 1. The predicted octanol–water partition coefficient (Wildman–Crippen LogP) is 1.12. The van der Waals surface area contributed by atoms with E-state index in [1.807, 2.05) is 26.0 Å².